The molecule has 3 heteroatoms. The van der Waals surface area contributed by atoms with Gasteiger partial charge < -0.3 is 15.3 Å². The van der Waals surface area contributed by atoms with Crippen molar-refractivity contribution in [2.45, 2.75) is 58.0 Å². The number of phenols is 2. The minimum Gasteiger partial charge on any atom is -0.508 e. The molecule has 2 rings (SSSR count). The number of allylic oxidation sites excluding steroid dienone is 1. The average Bonchev–Trinajstić information content (AvgIpc) is 2.67. The number of hydrogen-bond donors (Lipinski definition) is 3. The SMILES string of the molecule is C#CC(=C=C(C#CC(C)(C)O)C(C)(C)c1ccc(O)cc1)C(C)(C)c1ccc(O)cc1. The van der Waals surface area contributed by atoms with Gasteiger partial charge in [0.2, 0.25) is 0 Å². The molecule has 0 saturated heterocycles. The van der Waals surface area contributed by atoms with Crippen LogP contribution in [0.1, 0.15) is 52.7 Å². The lowest BCUT2D eigenvalue weighted by Crippen LogP contribution is -2.22. The smallest absolute Gasteiger partial charge is 0.120 e. The summed E-state index contributed by atoms with van der Waals surface area (Å²) in [7, 11) is 0. The van der Waals surface area contributed by atoms with Gasteiger partial charge in [-0.2, -0.15) is 0 Å². The number of terminal acetylenes is 1. The molecule has 160 valence electrons. The van der Waals surface area contributed by atoms with E-state index in [2.05, 4.69) is 23.5 Å². The van der Waals surface area contributed by atoms with Crippen molar-refractivity contribution in [3.8, 4) is 35.7 Å². The van der Waals surface area contributed by atoms with Crippen LogP contribution in [0.25, 0.3) is 0 Å². The van der Waals surface area contributed by atoms with E-state index < -0.39 is 16.4 Å². The molecule has 0 fully saturated rings. The van der Waals surface area contributed by atoms with E-state index in [1.165, 1.54) is 0 Å². The van der Waals surface area contributed by atoms with Gasteiger partial charge in [-0.3, -0.25) is 0 Å². The first kappa shape index (κ1) is 23.9. The summed E-state index contributed by atoms with van der Waals surface area (Å²) in [6.45, 7) is 11.2. The van der Waals surface area contributed by atoms with Crippen molar-refractivity contribution in [3.63, 3.8) is 0 Å². The molecular weight excluding hydrogens is 384 g/mol. The van der Waals surface area contributed by atoms with E-state index in [0.29, 0.717) is 11.1 Å². The van der Waals surface area contributed by atoms with Gasteiger partial charge in [0.15, 0.2) is 0 Å². The normalized spacial score (nSPS) is 11.5. The Morgan fingerprint density at radius 1 is 0.710 bits per heavy atom. The van der Waals surface area contributed by atoms with E-state index in [0.717, 1.165) is 11.1 Å². The molecule has 0 aliphatic rings. The third-order valence-electron chi connectivity index (χ3n) is 5.32. The molecule has 3 nitrogen and oxygen atoms in total. The Morgan fingerprint density at radius 2 is 1.10 bits per heavy atom. The topological polar surface area (TPSA) is 60.7 Å². The minimum atomic E-state index is -1.18. The predicted molar refractivity (Wildman–Crippen MR) is 126 cm³/mol. The number of hydrogen-bond acceptors (Lipinski definition) is 3. The molecule has 0 aliphatic carbocycles. The van der Waals surface area contributed by atoms with Gasteiger partial charge in [0.1, 0.15) is 17.1 Å². The van der Waals surface area contributed by atoms with Crippen LogP contribution in [0.2, 0.25) is 0 Å². The predicted octanol–water partition coefficient (Wildman–Crippen LogP) is 5.21. The van der Waals surface area contributed by atoms with Crippen LogP contribution in [0.5, 0.6) is 11.5 Å². The average molecular weight is 415 g/mol. The molecule has 0 radical (unpaired) electrons. The van der Waals surface area contributed by atoms with Crippen molar-refractivity contribution in [2.75, 3.05) is 0 Å². The van der Waals surface area contributed by atoms with Crippen molar-refractivity contribution < 1.29 is 15.3 Å². The van der Waals surface area contributed by atoms with Gasteiger partial charge in [-0.25, -0.2) is 0 Å². The number of aromatic hydroxyl groups is 2. The molecule has 0 saturated carbocycles. The summed E-state index contributed by atoms with van der Waals surface area (Å²) in [6, 6.07) is 13.9. The maximum Gasteiger partial charge on any atom is 0.120 e. The van der Waals surface area contributed by atoms with Gasteiger partial charge in [-0.05, 0) is 49.2 Å². The second-order valence-electron chi connectivity index (χ2n) is 9.17. The Morgan fingerprint density at radius 3 is 1.45 bits per heavy atom. The van der Waals surface area contributed by atoms with Crippen LogP contribution in [0.15, 0.2) is 65.4 Å². The monoisotopic (exact) mass is 414 g/mol. The molecular formula is C28H30O3. The Labute approximate surface area is 185 Å². The van der Waals surface area contributed by atoms with Crippen LogP contribution in [-0.2, 0) is 10.8 Å². The third kappa shape index (κ3) is 5.84. The van der Waals surface area contributed by atoms with Gasteiger partial charge in [-0.15, -0.1) is 6.42 Å². The molecule has 3 N–H and O–H groups in total. The van der Waals surface area contributed by atoms with Crippen molar-refractivity contribution in [2.24, 2.45) is 0 Å². The fourth-order valence-corrected chi connectivity index (χ4v) is 3.10. The Hall–Kier alpha value is -3.36. The Bertz CT molecular complexity index is 1100. The quantitative estimate of drug-likeness (QED) is 0.475. The Kier molecular flexibility index (Phi) is 6.78. The van der Waals surface area contributed by atoms with Crippen LogP contribution in [0, 0.1) is 24.2 Å². The first-order chi connectivity index (χ1) is 14.3. The molecule has 0 bridgehead atoms. The van der Waals surface area contributed by atoms with Crippen LogP contribution in [0.4, 0.5) is 0 Å². The lowest BCUT2D eigenvalue weighted by atomic mass is 9.74. The summed E-state index contributed by atoms with van der Waals surface area (Å²) in [5, 5.41) is 29.5. The Balaban J connectivity index is 2.79. The zero-order valence-corrected chi connectivity index (χ0v) is 19.0. The summed E-state index contributed by atoms with van der Waals surface area (Å²) < 4.78 is 0. The summed E-state index contributed by atoms with van der Waals surface area (Å²) >= 11 is 0. The maximum atomic E-state index is 10.2. The minimum absolute atomic E-state index is 0.181. The van der Waals surface area contributed by atoms with Crippen molar-refractivity contribution in [1.82, 2.24) is 0 Å². The van der Waals surface area contributed by atoms with E-state index in [-0.39, 0.29) is 11.5 Å². The van der Waals surface area contributed by atoms with Gasteiger partial charge in [0, 0.05) is 10.8 Å². The van der Waals surface area contributed by atoms with Crippen LogP contribution in [-0.4, -0.2) is 20.9 Å². The lowest BCUT2D eigenvalue weighted by molar-refractivity contribution is 0.143. The lowest BCUT2D eigenvalue weighted by Gasteiger charge is -2.27. The summed E-state index contributed by atoms with van der Waals surface area (Å²) in [4.78, 5) is 0. The van der Waals surface area contributed by atoms with Crippen molar-refractivity contribution in [1.29, 1.82) is 0 Å². The molecule has 0 aliphatic heterocycles. The van der Waals surface area contributed by atoms with Crippen molar-refractivity contribution >= 4 is 0 Å². The number of aliphatic hydroxyl groups is 1. The molecule has 0 amide bonds. The fraction of sp³-hybridized carbons (Fsp3) is 0.321. The van der Waals surface area contributed by atoms with Crippen LogP contribution < -0.4 is 0 Å². The molecule has 0 aromatic heterocycles. The number of benzene rings is 2. The van der Waals surface area contributed by atoms with Gasteiger partial charge in [0.05, 0.1) is 11.1 Å². The zero-order chi connectivity index (χ0) is 23.4. The highest BCUT2D eigenvalue weighted by atomic mass is 16.3. The summed E-state index contributed by atoms with van der Waals surface area (Å²) in [5.41, 5.74) is 4.13. The summed E-state index contributed by atoms with van der Waals surface area (Å²) in [5.74, 6) is 9.11. The zero-order valence-electron chi connectivity index (χ0n) is 19.0. The van der Waals surface area contributed by atoms with Crippen LogP contribution >= 0.6 is 0 Å². The van der Waals surface area contributed by atoms with E-state index in [1.807, 2.05) is 52.0 Å². The van der Waals surface area contributed by atoms with E-state index in [4.69, 9.17) is 6.42 Å². The first-order valence-corrected chi connectivity index (χ1v) is 10.1. The highest BCUT2D eigenvalue weighted by Crippen LogP contribution is 2.35. The third-order valence-corrected chi connectivity index (χ3v) is 5.32. The van der Waals surface area contributed by atoms with Gasteiger partial charge in [0.25, 0.3) is 0 Å². The highest BCUT2D eigenvalue weighted by molar-refractivity contribution is 5.51. The second kappa shape index (κ2) is 8.79. The number of phenolic OH excluding ortho intramolecular Hbond substituents is 2. The second-order valence-corrected chi connectivity index (χ2v) is 9.17. The molecule has 0 heterocycles. The molecule has 31 heavy (non-hydrogen) atoms. The standard InChI is InChI=1S/C28H30O3/c1-8-20(27(4,5)21-9-13-24(29)14-10-21)19-23(17-18-26(2,3)31)28(6,7)22-11-15-25(30)16-12-22/h1,9-16,29-31H,2-7H3. The molecule has 2 aromatic rings. The van der Waals surface area contributed by atoms with Gasteiger partial charge >= 0.3 is 0 Å². The first-order valence-electron chi connectivity index (χ1n) is 10.1. The van der Waals surface area contributed by atoms with Crippen LogP contribution in [0.3, 0.4) is 0 Å². The molecule has 2 aromatic carbocycles. The summed E-state index contributed by atoms with van der Waals surface area (Å²) in [6.07, 6.45) is 5.92. The van der Waals surface area contributed by atoms with Crippen molar-refractivity contribution in [3.05, 3.63) is 76.5 Å². The molecule has 0 atom stereocenters. The molecule has 0 spiro atoms. The molecule has 0 unspecified atom stereocenters. The van der Waals surface area contributed by atoms with Gasteiger partial charge in [-0.1, -0.05) is 75.5 Å². The highest BCUT2D eigenvalue weighted by Gasteiger charge is 2.29. The fourth-order valence-electron chi connectivity index (χ4n) is 3.10. The van der Waals surface area contributed by atoms with E-state index in [1.54, 1.807) is 38.1 Å². The largest absolute Gasteiger partial charge is 0.508 e. The van der Waals surface area contributed by atoms with E-state index >= 15 is 0 Å². The maximum absolute atomic E-state index is 10.2. The number of rotatable bonds is 4. The van der Waals surface area contributed by atoms with E-state index in [9.17, 15) is 15.3 Å².